The first-order chi connectivity index (χ1) is 24.6. The summed E-state index contributed by atoms with van der Waals surface area (Å²) in [7, 11) is 0. The number of benzene rings is 4. The molecule has 6 rings (SSSR count). The van der Waals surface area contributed by atoms with Gasteiger partial charge in [-0.15, -0.1) is 0 Å². The molecule has 4 atom stereocenters. The number of esters is 1. The zero-order valence-electron chi connectivity index (χ0n) is 30.5. The maximum absolute atomic E-state index is 13.4. The fourth-order valence-corrected chi connectivity index (χ4v) is 7.39. The van der Waals surface area contributed by atoms with Crippen LogP contribution in [-0.4, -0.2) is 59.7 Å². The van der Waals surface area contributed by atoms with E-state index in [0.717, 1.165) is 54.1 Å². The van der Waals surface area contributed by atoms with E-state index in [0.29, 0.717) is 38.0 Å². The molecule has 0 radical (unpaired) electrons. The van der Waals surface area contributed by atoms with Gasteiger partial charge in [0.25, 0.3) is 0 Å². The van der Waals surface area contributed by atoms with Crippen molar-refractivity contribution in [2.45, 2.75) is 77.7 Å². The Kier molecular flexibility index (Phi) is 11.8. The molecule has 1 saturated heterocycles. The molecule has 4 aromatic rings. The lowest BCUT2D eigenvalue weighted by molar-refractivity contribution is -0.144. The van der Waals surface area contributed by atoms with Gasteiger partial charge in [-0.3, -0.25) is 9.69 Å². The Morgan fingerprint density at radius 3 is 2.10 bits per heavy atom. The van der Waals surface area contributed by atoms with Gasteiger partial charge in [-0.25, -0.2) is 4.79 Å². The Hall–Kier alpha value is -4.62. The van der Waals surface area contributed by atoms with Gasteiger partial charge in [-0.1, -0.05) is 109 Å². The van der Waals surface area contributed by atoms with E-state index in [1.807, 2.05) is 92.4 Å². The molecule has 268 valence electrons. The molecular formula is C44H52N2O5. The van der Waals surface area contributed by atoms with Crippen molar-refractivity contribution in [2.24, 2.45) is 11.8 Å². The number of likely N-dealkylation sites (tertiary alicyclic amines) is 1. The first-order valence-electron chi connectivity index (χ1n) is 18.4. The van der Waals surface area contributed by atoms with Crippen molar-refractivity contribution < 1.29 is 23.8 Å². The van der Waals surface area contributed by atoms with E-state index in [-0.39, 0.29) is 30.4 Å². The minimum absolute atomic E-state index is 0.199. The largest absolute Gasteiger partial charge is 0.489 e. The molecule has 2 aliphatic rings. The molecule has 0 bridgehead atoms. The van der Waals surface area contributed by atoms with Gasteiger partial charge in [-0.05, 0) is 75.1 Å². The molecule has 7 nitrogen and oxygen atoms in total. The molecule has 0 N–H and O–H groups in total. The number of ether oxygens (including phenoxy) is 3. The van der Waals surface area contributed by atoms with Crippen LogP contribution in [0.15, 0.2) is 109 Å². The van der Waals surface area contributed by atoms with Gasteiger partial charge in [0, 0.05) is 43.7 Å². The van der Waals surface area contributed by atoms with Crippen LogP contribution in [0, 0.1) is 18.8 Å². The van der Waals surface area contributed by atoms with Gasteiger partial charge in [0.2, 0.25) is 0 Å². The zero-order valence-corrected chi connectivity index (χ0v) is 30.5. The molecule has 4 aromatic carbocycles. The molecule has 0 spiro atoms. The van der Waals surface area contributed by atoms with Gasteiger partial charge in [0.1, 0.15) is 18.0 Å². The minimum atomic E-state index is -0.562. The number of carbonyl (C=O) groups excluding carboxylic acids is 2. The van der Waals surface area contributed by atoms with Crippen molar-refractivity contribution in [1.82, 2.24) is 9.80 Å². The lowest BCUT2D eigenvalue weighted by Gasteiger charge is -2.30. The summed E-state index contributed by atoms with van der Waals surface area (Å²) >= 11 is 0. The Labute approximate surface area is 303 Å². The highest BCUT2D eigenvalue weighted by molar-refractivity contribution is 5.72. The smallest absolute Gasteiger partial charge is 0.410 e. The van der Waals surface area contributed by atoms with Crippen LogP contribution >= 0.6 is 0 Å². The highest BCUT2D eigenvalue weighted by atomic mass is 16.6. The summed E-state index contributed by atoms with van der Waals surface area (Å²) in [6, 6.07) is 37.1. The number of piperidine rings is 1. The van der Waals surface area contributed by atoms with Crippen LogP contribution in [0.25, 0.3) is 0 Å². The quantitative estimate of drug-likeness (QED) is 0.0919. The molecule has 7 heteroatoms. The summed E-state index contributed by atoms with van der Waals surface area (Å²) in [5, 5.41) is 0. The van der Waals surface area contributed by atoms with Crippen molar-refractivity contribution in [3.63, 3.8) is 0 Å². The second-order valence-corrected chi connectivity index (χ2v) is 15.1. The van der Waals surface area contributed by atoms with Crippen LogP contribution in [0.3, 0.4) is 0 Å². The monoisotopic (exact) mass is 688 g/mol. The highest BCUT2D eigenvalue weighted by Gasteiger charge is 2.59. The zero-order chi connectivity index (χ0) is 35.8. The summed E-state index contributed by atoms with van der Waals surface area (Å²) in [4.78, 5) is 31.2. The molecule has 1 saturated carbocycles. The third-order valence-corrected chi connectivity index (χ3v) is 9.87. The maximum atomic E-state index is 13.4. The average molecular weight is 689 g/mol. The minimum Gasteiger partial charge on any atom is -0.489 e. The lowest BCUT2D eigenvalue weighted by Crippen LogP contribution is -2.42. The van der Waals surface area contributed by atoms with E-state index in [9.17, 15) is 9.59 Å². The second kappa shape index (κ2) is 16.6. The van der Waals surface area contributed by atoms with Crippen molar-refractivity contribution in [3.05, 3.63) is 137 Å². The van der Waals surface area contributed by atoms with Crippen LogP contribution < -0.4 is 4.74 Å². The van der Waals surface area contributed by atoms with Crippen molar-refractivity contribution in [2.75, 3.05) is 26.2 Å². The molecule has 51 heavy (non-hydrogen) atoms. The van der Waals surface area contributed by atoms with E-state index in [1.54, 1.807) is 0 Å². The molecule has 1 amide bonds. The third kappa shape index (κ3) is 10.0. The maximum Gasteiger partial charge on any atom is 0.410 e. The summed E-state index contributed by atoms with van der Waals surface area (Å²) in [5.74, 6) is 1.23. The molecule has 2 fully saturated rings. The predicted octanol–water partition coefficient (Wildman–Crippen LogP) is 8.79. The van der Waals surface area contributed by atoms with E-state index in [2.05, 4.69) is 54.3 Å². The fourth-order valence-electron chi connectivity index (χ4n) is 7.39. The van der Waals surface area contributed by atoms with Gasteiger partial charge in [-0.2, -0.15) is 0 Å². The number of rotatable bonds is 15. The standard InChI is InChI=1S/C44H52N2O5/c1-32-22-23-40(50-31-34-18-10-6-11-19-34)37(26-32)36(35-20-12-7-13-21-35)27-41(47)49-25-15-14-24-46(43(48)51-44(2,3)4)42-38-29-45(30-39(38)42)28-33-16-8-5-9-17-33/h5-13,16-23,26,36,38-39,42H,14-15,24-25,27-31H2,1-4H3/t36?,38-,39+,42?. The molecule has 1 aliphatic heterocycles. The first kappa shape index (κ1) is 36.2. The van der Waals surface area contributed by atoms with Crippen molar-refractivity contribution in [1.29, 1.82) is 0 Å². The summed E-state index contributed by atoms with van der Waals surface area (Å²) < 4.78 is 18.0. The van der Waals surface area contributed by atoms with Crippen LogP contribution in [0.5, 0.6) is 5.75 Å². The molecule has 0 aromatic heterocycles. The average Bonchev–Trinajstić information content (AvgIpc) is 3.59. The molecule has 2 unspecified atom stereocenters. The number of carbonyl (C=O) groups is 2. The topological polar surface area (TPSA) is 68.3 Å². The van der Waals surface area contributed by atoms with Gasteiger partial charge >= 0.3 is 12.1 Å². The number of hydrogen-bond donors (Lipinski definition) is 0. The van der Waals surface area contributed by atoms with Gasteiger partial charge in [0.05, 0.1) is 13.0 Å². The number of aryl methyl sites for hydroxylation is 1. The Morgan fingerprint density at radius 2 is 1.45 bits per heavy atom. The first-order valence-corrected chi connectivity index (χ1v) is 18.4. The van der Waals surface area contributed by atoms with Crippen molar-refractivity contribution >= 4 is 12.1 Å². The number of hydrogen-bond acceptors (Lipinski definition) is 6. The SMILES string of the molecule is Cc1ccc(OCc2ccccc2)c(C(CC(=O)OCCCCN(C(=O)OC(C)(C)C)C2[C@H]3CN(Cc4ccccc4)C[C@@H]23)c2ccccc2)c1. The Balaban J connectivity index is 1.03. The third-order valence-electron chi connectivity index (χ3n) is 9.87. The van der Waals surface area contributed by atoms with E-state index in [4.69, 9.17) is 14.2 Å². The van der Waals surface area contributed by atoms with Crippen LogP contribution in [0.2, 0.25) is 0 Å². The Bertz CT molecular complexity index is 1710. The van der Waals surface area contributed by atoms with Crippen molar-refractivity contribution in [3.8, 4) is 5.75 Å². The summed E-state index contributed by atoms with van der Waals surface area (Å²) in [6.07, 6.45) is 1.35. The number of fused-ring (bicyclic) bond motifs is 1. The fraction of sp³-hybridized carbons (Fsp3) is 0.409. The summed E-state index contributed by atoms with van der Waals surface area (Å²) in [5.41, 5.74) is 4.95. The van der Waals surface area contributed by atoms with E-state index in [1.165, 1.54) is 5.56 Å². The van der Waals surface area contributed by atoms with Gasteiger partial charge in [0.15, 0.2) is 0 Å². The second-order valence-electron chi connectivity index (χ2n) is 15.1. The molecule has 1 heterocycles. The van der Waals surface area contributed by atoms with Crippen LogP contribution in [0.4, 0.5) is 4.79 Å². The normalized spacial score (nSPS) is 18.8. The summed E-state index contributed by atoms with van der Waals surface area (Å²) in [6.45, 7) is 12.0. The van der Waals surface area contributed by atoms with E-state index < -0.39 is 5.60 Å². The number of unbranched alkanes of at least 4 members (excludes halogenated alkanes) is 1. The predicted molar refractivity (Wildman–Crippen MR) is 200 cm³/mol. The lowest BCUT2D eigenvalue weighted by atomic mass is 9.87. The number of amides is 1. The van der Waals surface area contributed by atoms with Crippen LogP contribution in [0.1, 0.15) is 73.8 Å². The highest BCUT2D eigenvalue weighted by Crippen LogP contribution is 2.49. The Morgan fingerprint density at radius 1 is 0.824 bits per heavy atom. The van der Waals surface area contributed by atoms with Gasteiger partial charge < -0.3 is 19.1 Å². The molecule has 1 aliphatic carbocycles. The van der Waals surface area contributed by atoms with Crippen LogP contribution in [-0.2, 0) is 27.4 Å². The molecular weight excluding hydrogens is 636 g/mol. The van der Waals surface area contributed by atoms with E-state index >= 15 is 0 Å². The number of nitrogens with zero attached hydrogens (tertiary/aromatic N) is 2.